The van der Waals surface area contributed by atoms with E-state index < -0.39 is 0 Å². The van der Waals surface area contributed by atoms with Gasteiger partial charge >= 0.3 is 0 Å². The first-order chi connectivity index (χ1) is 13.1. The Morgan fingerprint density at radius 2 is 2.07 bits per heavy atom. The Balaban J connectivity index is 1.62. The molecule has 138 valence electrons. The van der Waals surface area contributed by atoms with E-state index in [9.17, 15) is 4.79 Å². The molecule has 27 heavy (non-hydrogen) atoms. The number of nitrogens with one attached hydrogen (secondary N) is 1. The second kappa shape index (κ2) is 8.87. The zero-order chi connectivity index (χ0) is 19.2. The highest BCUT2D eigenvalue weighted by molar-refractivity contribution is 9.11. The topological polar surface area (TPSA) is 94.3 Å². The fourth-order valence-electron chi connectivity index (χ4n) is 2.24. The average Bonchev–Trinajstić information content (AvgIpc) is 3.10. The molecule has 0 saturated carbocycles. The maximum absolute atomic E-state index is 12.0. The van der Waals surface area contributed by atoms with Crippen LogP contribution in [0.2, 0.25) is 0 Å². The molecular weight excluding hydrogens is 480 g/mol. The molecule has 0 saturated heterocycles. The summed E-state index contributed by atoms with van der Waals surface area (Å²) in [6.45, 7) is -0.101. The van der Waals surface area contributed by atoms with Gasteiger partial charge in [-0.3, -0.25) is 4.79 Å². The lowest BCUT2D eigenvalue weighted by atomic mass is 10.2. The largest absolute Gasteiger partial charge is 0.495 e. The molecule has 0 spiro atoms. The van der Waals surface area contributed by atoms with Crippen molar-refractivity contribution in [2.75, 3.05) is 7.11 Å². The van der Waals surface area contributed by atoms with Crippen LogP contribution in [0, 0.1) is 0 Å². The number of rotatable bonds is 6. The Bertz CT molecular complexity index is 975. The maximum Gasteiger partial charge on any atom is 0.263 e. The average molecular weight is 494 g/mol. The van der Waals surface area contributed by atoms with Gasteiger partial charge in [0.1, 0.15) is 12.3 Å². The third kappa shape index (κ3) is 4.98. The predicted octanol–water partition coefficient (Wildman–Crippen LogP) is 3.02. The van der Waals surface area contributed by atoms with E-state index in [4.69, 9.17) is 4.74 Å². The van der Waals surface area contributed by atoms with Crippen LogP contribution in [0.5, 0.6) is 5.75 Å². The van der Waals surface area contributed by atoms with Gasteiger partial charge in [-0.05, 0) is 33.3 Å². The summed E-state index contributed by atoms with van der Waals surface area (Å²) in [5, 5.41) is 16.0. The lowest BCUT2D eigenvalue weighted by Gasteiger charge is -2.07. The number of benzene rings is 2. The van der Waals surface area contributed by atoms with Crippen LogP contribution in [-0.4, -0.2) is 39.4 Å². The zero-order valence-electron chi connectivity index (χ0n) is 14.1. The molecule has 8 nitrogen and oxygen atoms in total. The van der Waals surface area contributed by atoms with Crippen molar-refractivity contribution in [3.05, 3.63) is 57.0 Å². The van der Waals surface area contributed by atoms with Gasteiger partial charge in [-0.2, -0.15) is 9.90 Å². The molecule has 1 amide bonds. The van der Waals surface area contributed by atoms with Crippen LogP contribution in [-0.2, 0) is 11.3 Å². The number of nitrogens with zero attached hydrogens (tertiary/aromatic N) is 5. The molecule has 0 bridgehead atoms. The van der Waals surface area contributed by atoms with Gasteiger partial charge in [0.2, 0.25) is 5.82 Å². The Labute approximate surface area is 171 Å². The number of halogens is 2. The minimum absolute atomic E-state index is 0.101. The maximum atomic E-state index is 12.0. The van der Waals surface area contributed by atoms with Crippen LogP contribution >= 0.6 is 31.9 Å². The van der Waals surface area contributed by atoms with Gasteiger partial charge < -0.3 is 4.74 Å². The van der Waals surface area contributed by atoms with Gasteiger partial charge in [0.25, 0.3) is 5.91 Å². The summed E-state index contributed by atoms with van der Waals surface area (Å²) in [5.74, 6) is 0.688. The minimum atomic E-state index is -0.378. The van der Waals surface area contributed by atoms with E-state index in [0.29, 0.717) is 17.1 Å². The number of hydrazone groups is 1. The number of carbonyl (C=O) groups is 1. The number of tetrazole rings is 1. The van der Waals surface area contributed by atoms with E-state index in [2.05, 4.69) is 57.8 Å². The molecule has 3 rings (SSSR count). The highest BCUT2D eigenvalue weighted by atomic mass is 79.9. The summed E-state index contributed by atoms with van der Waals surface area (Å²) in [6.07, 6.45) is 1.50. The van der Waals surface area contributed by atoms with Crippen LogP contribution < -0.4 is 10.2 Å². The van der Waals surface area contributed by atoms with Gasteiger partial charge in [0.05, 0.1) is 17.8 Å². The lowest BCUT2D eigenvalue weighted by Crippen LogP contribution is -2.24. The Morgan fingerprint density at radius 1 is 1.30 bits per heavy atom. The van der Waals surface area contributed by atoms with Gasteiger partial charge in [-0.25, -0.2) is 5.43 Å². The molecule has 0 aliphatic rings. The molecular formula is C17H14Br2N6O2. The summed E-state index contributed by atoms with van der Waals surface area (Å²) in [6, 6.07) is 13.1. The third-order valence-electron chi connectivity index (χ3n) is 3.40. The number of hydrogen-bond donors (Lipinski definition) is 1. The summed E-state index contributed by atoms with van der Waals surface area (Å²) in [5.41, 5.74) is 3.96. The number of aromatic nitrogens is 4. The molecule has 1 heterocycles. The summed E-state index contributed by atoms with van der Waals surface area (Å²) >= 11 is 6.82. The third-order valence-corrected chi connectivity index (χ3v) is 4.45. The van der Waals surface area contributed by atoms with Crippen molar-refractivity contribution in [1.29, 1.82) is 0 Å². The van der Waals surface area contributed by atoms with E-state index in [1.807, 2.05) is 42.5 Å². The van der Waals surface area contributed by atoms with Gasteiger partial charge in [-0.15, -0.1) is 10.2 Å². The van der Waals surface area contributed by atoms with E-state index >= 15 is 0 Å². The second-order valence-corrected chi connectivity index (χ2v) is 7.08. The molecule has 1 N–H and O–H groups in total. The van der Waals surface area contributed by atoms with Crippen molar-refractivity contribution >= 4 is 44.0 Å². The monoisotopic (exact) mass is 492 g/mol. The molecule has 0 unspecified atom stereocenters. The van der Waals surface area contributed by atoms with Crippen LogP contribution in [0.15, 0.2) is 56.5 Å². The van der Waals surface area contributed by atoms with Crippen LogP contribution in [0.25, 0.3) is 11.4 Å². The van der Waals surface area contributed by atoms with E-state index in [1.54, 1.807) is 7.11 Å². The highest BCUT2D eigenvalue weighted by Crippen LogP contribution is 2.31. The van der Waals surface area contributed by atoms with Crippen molar-refractivity contribution in [2.24, 2.45) is 5.10 Å². The van der Waals surface area contributed by atoms with Crippen LogP contribution in [0.4, 0.5) is 0 Å². The van der Waals surface area contributed by atoms with Crippen molar-refractivity contribution in [3.8, 4) is 17.1 Å². The Kier molecular flexibility index (Phi) is 6.30. The summed E-state index contributed by atoms with van der Waals surface area (Å²) in [7, 11) is 1.56. The molecule has 1 aromatic heterocycles. The summed E-state index contributed by atoms with van der Waals surface area (Å²) < 4.78 is 6.95. The number of methoxy groups -OCH3 is 1. The molecule has 0 atom stereocenters. The highest BCUT2D eigenvalue weighted by Gasteiger charge is 2.10. The standard InChI is InChI=1S/C17H14Br2N6O2/c1-27-16-12(7-13(18)8-14(16)19)9-20-21-15(26)10-25-23-17(22-24-25)11-5-3-2-4-6-11/h2-9H,10H2,1H3,(H,21,26). The first kappa shape index (κ1) is 19.2. The van der Waals surface area contributed by atoms with Crippen molar-refractivity contribution < 1.29 is 9.53 Å². The molecule has 0 aliphatic carbocycles. The molecule has 0 radical (unpaired) electrons. The fraction of sp³-hybridized carbons (Fsp3) is 0.118. The number of amides is 1. The van der Waals surface area contributed by atoms with Gasteiger partial charge in [0.15, 0.2) is 0 Å². The minimum Gasteiger partial charge on any atom is -0.495 e. The number of carbonyl (C=O) groups excluding carboxylic acids is 1. The van der Waals surface area contributed by atoms with E-state index in [1.165, 1.54) is 11.0 Å². The van der Waals surface area contributed by atoms with E-state index in [0.717, 1.165) is 14.5 Å². The van der Waals surface area contributed by atoms with Crippen molar-refractivity contribution in [3.63, 3.8) is 0 Å². The SMILES string of the molecule is COc1c(Br)cc(Br)cc1C=NNC(=O)Cn1nnc(-c2ccccc2)n1. The zero-order valence-corrected chi connectivity index (χ0v) is 17.3. The smallest absolute Gasteiger partial charge is 0.263 e. The molecule has 0 fully saturated rings. The molecule has 3 aromatic rings. The van der Waals surface area contributed by atoms with Gasteiger partial charge in [0, 0.05) is 15.6 Å². The fourth-order valence-corrected chi connectivity index (χ4v) is 3.66. The Morgan fingerprint density at radius 3 is 2.81 bits per heavy atom. The number of ether oxygens (including phenoxy) is 1. The van der Waals surface area contributed by atoms with Crippen LogP contribution in [0.1, 0.15) is 5.56 Å². The normalized spacial score (nSPS) is 10.9. The lowest BCUT2D eigenvalue weighted by molar-refractivity contribution is -0.122. The first-order valence-electron chi connectivity index (χ1n) is 7.75. The predicted molar refractivity (Wildman–Crippen MR) is 107 cm³/mol. The number of hydrogen-bond acceptors (Lipinski definition) is 6. The van der Waals surface area contributed by atoms with E-state index in [-0.39, 0.29) is 12.5 Å². The van der Waals surface area contributed by atoms with Crippen molar-refractivity contribution in [1.82, 2.24) is 25.6 Å². The quantitative estimate of drug-likeness (QED) is 0.420. The molecule has 2 aromatic carbocycles. The molecule has 0 aliphatic heterocycles. The summed E-state index contributed by atoms with van der Waals surface area (Å²) in [4.78, 5) is 13.2. The Hall–Kier alpha value is -2.59. The van der Waals surface area contributed by atoms with Crippen LogP contribution in [0.3, 0.4) is 0 Å². The second-order valence-electron chi connectivity index (χ2n) is 5.31. The first-order valence-corrected chi connectivity index (χ1v) is 9.33. The van der Waals surface area contributed by atoms with Gasteiger partial charge in [-0.1, -0.05) is 46.3 Å². The molecule has 10 heteroatoms. The van der Waals surface area contributed by atoms with Crippen molar-refractivity contribution in [2.45, 2.75) is 6.54 Å².